The molecule has 0 aliphatic heterocycles. The zero-order chi connectivity index (χ0) is 24.9. The number of amides is 1. The number of hydrogen-bond acceptors (Lipinski definition) is 6. The normalized spacial score (nSPS) is 11.9. The molecule has 8 nitrogen and oxygen atoms in total. The van der Waals surface area contributed by atoms with E-state index in [1.54, 1.807) is 69.7 Å². The zero-order valence-electron chi connectivity index (χ0n) is 19.7. The smallest absolute Gasteiger partial charge is 0.262 e. The van der Waals surface area contributed by atoms with Gasteiger partial charge in [0.2, 0.25) is 0 Å². The first-order chi connectivity index (χ1) is 16.2. The van der Waals surface area contributed by atoms with Crippen LogP contribution in [-0.2, 0) is 10.0 Å². The Morgan fingerprint density at radius 3 is 2.15 bits per heavy atom. The molecule has 0 saturated heterocycles. The molecule has 0 aliphatic rings. The van der Waals surface area contributed by atoms with Gasteiger partial charge in [0, 0.05) is 11.3 Å². The number of ether oxygens (including phenoxy) is 3. The van der Waals surface area contributed by atoms with E-state index in [9.17, 15) is 13.2 Å². The highest BCUT2D eigenvalue weighted by atomic mass is 32.2. The van der Waals surface area contributed by atoms with Gasteiger partial charge < -0.3 is 19.5 Å². The molecule has 0 bridgehead atoms. The van der Waals surface area contributed by atoms with Crippen LogP contribution in [0.3, 0.4) is 0 Å². The Morgan fingerprint density at radius 2 is 1.53 bits per heavy atom. The molecule has 180 valence electrons. The summed E-state index contributed by atoms with van der Waals surface area (Å²) in [5, 5.41) is 2.90. The van der Waals surface area contributed by atoms with Crippen molar-refractivity contribution in [2.45, 2.75) is 24.8 Å². The summed E-state index contributed by atoms with van der Waals surface area (Å²) in [5.41, 5.74) is 1.95. The van der Waals surface area contributed by atoms with Gasteiger partial charge in [0.25, 0.3) is 15.9 Å². The number of hydrogen-bond donors (Lipinski definition) is 2. The molecular weight excluding hydrogens is 456 g/mol. The van der Waals surface area contributed by atoms with Gasteiger partial charge in [-0.2, -0.15) is 0 Å². The minimum absolute atomic E-state index is 0.0229. The summed E-state index contributed by atoms with van der Waals surface area (Å²) in [6.45, 7) is 3.51. The van der Waals surface area contributed by atoms with Gasteiger partial charge in [-0.15, -0.1) is 0 Å². The third-order valence-corrected chi connectivity index (χ3v) is 6.86. The molecule has 0 saturated carbocycles. The first-order valence-electron chi connectivity index (χ1n) is 10.5. The van der Waals surface area contributed by atoms with E-state index in [0.717, 1.165) is 5.56 Å². The lowest BCUT2D eigenvalue weighted by Crippen LogP contribution is -2.27. The minimum atomic E-state index is -3.92. The second-order valence-corrected chi connectivity index (χ2v) is 9.27. The molecule has 2 N–H and O–H groups in total. The van der Waals surface area contributed by atoms with E-state index >= 15 is 0 Å². The highest BCUT2D eigenvalue weighted by Crippen LogP contribution is 2.30. The van der Waals surface area contributed by atoms with Gasteiger partial charge in [-0.25, -0.2) is 8.42 Å². The average Bonchev–Trinajstić information content (AvgIpc) is 2.83. The first kappa shape index (κ1) is 24.9. The van der Waals surface area contributed by atoms with Crippen molar-refractivity contribution in [3.8, 4) is 17.2 Å². The Kier molecular flexibility index (Phi) is 7.68. The second-order valence-electron chi connectivity index (χ2n) is 7.62. The van der Waals surface area contributed by atoms with E-state index in [-0.39, 0.29) is 16.5 Å². The van der Waals surface area contributed by atoms with Crippen molar-refractivity contribution in [2.75, 3.05) is 26.1 Å². The summed E-state index contributed by atoms with van der Waals surface area (Å²) in [5.74, 6) is 1.35. The van der Waals surface area contributed by atoms with Crippen molar-refractivity contribution in [3.05, 3.63) is 77.4 Å². The fourth-order valence-corrected chi connectivity index (χ4v) is 4.72. The van der Waals surface area contributed by atoms with Gasteiger partial charge in [-0.1, -0.05) is 12.1 Å². The lowest BCUT2D eigenvalue weighted by Gasteiger charge is -2.17. The van der Waals surface area contributed by atoms with Crippen molar-refractivity contribution in [2.24, 2.45) is 0 Å². The van der Waals surface area contributed by atoms with Crippen LogP contribution < -0.4 is 24.2 Å². The topological polar surface area (TPSA) is 103 Å². The number of sulfonamides is 1. The van der Waals surface area contributed by atoms with Crippen LogP contribution in [0.4, 0.5) is 5.69 Å². The van der Waals surface area contributed by atoms with E-state index in [2.05, 4.69) is 10.0 Å². The maximum Gasteiger partial charge on any atom is 0.262 e. The van der Waals surface area contributed by atoms with Crippen LogP contribution in [0.15, 0.2) is 65.6 Å². The van der Waals surface area contributed by atoms with Crippen LogP contribution in [0, 0.1) is 6.92 Å². The standard InChI is InChI=1S/C25H28N2O6S/c1-16-6-7-19(15-24(16)34(29,30)27-20-9-11-21(31-3)12-10-20)25(28)26-17(2)18-8-13-22(32-4)23(14-18)33-5/h6-15,17,27H,1-5H3,(H,26,28). The van der Waals surface area contributed by atoms with Crippen LogP contribution in [0.1, 0.15) is 34.5 Å². The number of carbonyl (C=O) groups is 1. The molecule has 9 heteroatoms. The van der Waals surface area contributed by atoms with Gasteiger partial charge >= 0.3 is 0 Å². The lowest BCUT2D eigenvalue weighted by molar-refractivity contribution is 0.0939. The van der Waals surface area contributed by atoms with Crippen LogP contribution in [0.25, 0.3) is 0 Å². The molecule has 0 heterocycles. The summed E-state index contributed by atoms with van der Waals surface area (Å²) in [4.78, 5) is 13.0. The third-order valence-electron chi connectivity index (χ3n) is 5.34. The summed E-state index contributed by atoms with van der Waals surface area (Å²) in [6, 6.07) is 16.1. The van der Waals surface area contributed by atoms with E-state index in [0.29, 0.717) is 28.5 Å². The van der Waals surface area contributed by atoms with Crippen LogP contribution in [-0.4, -0.2) is 35.7 Å². The van der Waals surface area contributed by atoms with Gasteiger partial charge in [-0.3, -0.25) is 9.52 Å². The van der Waals surface area contributed by atoms with Crippen LogP contribution in [0.2, 0.25) is 0 Å². The molecule has 34 heavy (non-hydrogen) atoms. The molecule has 1 amide bonds. The predicted molar refractivity (Wildman–Crippen MR) is 130 cm³/mol. The quantitative estimate of drug-likeness (QED) is 0.469. The summed E-state index contributed by atoms with van der Waals surface area (Å²) < 4.78 is 44.3. The lowest BCUT2D eigenvalue weighted by atomic mass is 10.1. The molecule has 0 radical (unpaired) electrons. The highest BCUT2D eigenvalue weighted by molar-refractivity contribution is 7.92. The number of benzene rings is 3. The number of methoxy groups -OCH3 is 3. The monoisotopic (exact) mass is 484 g/mol. The Balaban J connectivity index is 1.81. The first-order valence-corrected chi connectivity index (χ1v) is 12.0. The van der Waals surface area contributed by atoms with Gasteiger partial charge in [0.05, 0.1) is 32.3 Å². The van der Waals surface area contributed by atoms with E-state index in [1.165, 1.54) is 13.2 Å². The van der Waals surface area contributed by atoms with Crippen molar-refractivity contribution in [3.63, 3.8) is 0 Å². The molecule has 1 atom stereocenters. The fraction of sp³-hybridized carbons (Fsp3) is 0.240. The molecule has 1 unspecified atom stereocenters. The third kappa shape index (κ3) is 5.60. The average molecular weight is 485 g/mol. The Hall–Kier alpha value is -3.72. The van der Waals surface area contributed by atoms with Crippen molar-refractivity contribution >= 4 is 21.6 Å². The predicted octanol–water partition coefficient (Wildman–Crippen LogP) is 4.31. The highest BCUT2D eigenvalue weighted by Gasteiger charge is 2.21. The zero-order valence-corrected chi connectivity index (χ0v) is 20.5. The van der Waals surface area contributed by atoms with Crippen LogP contribution >= 0.6 is 0 Å². The van der Waals surface area contributed by atoms with Crippen molar-refractivity contribution in [1.29, 1.82) is 0 Å². The Morgan fingerprint density at radius 1 is 0.853 bits per heavy atom. The maximum absolute atomic E-state index is 13.0. The molecule has 0 spiro atoms. The van der Waals surface area contributed by atoms with E-state index in [4.69, 9.17) is 14.2 Å². The van der Waals surface area contributed by atoms with Gasteiger partial charge in [0.15, 0.2) is 11.5 Å². The van der Waals surface area contributed by atoms with Gasteiger partial charge in [-0.05, 0) is 73.5 Å². The van der Waals surface area contributed by atoms with E-state index in [1.807, 2.05) is 13.0 Å². The van der Waals surface area contributed by atoms with Crippen molar-refractivity contribution < 1.29 is 27.4 Å². The van der Waals surface area contributed by atoms with Crippen LogP contribution in [0.5, 0.6) is 17.2 Å². The molecule has 3 rings (SSSR count). The van der Waals surface area contributed by atoms with Crippen molar-refractivity contribution in [1.82, 2.24) is 5.32 Å². The molecule has 0 fully saturated rings. The Labute approximate surface area is 199 Å². The number of rotatable bonds is 9. The van der Waals surface area contributed by atoms with Gasteiger partial charge in [0.1, 0.15) is 5.75 Å². The largest absolute Gasteiger partial charge is 0.497 e. The second kappa shape index (κ2) is 10.5. The Bertz CT molecular complexity index is 1270. The molecular formula is C25H28N2O6S. The van der Waals surface area contributed by atoms with E-state index < -0.39 is 15.9 Å². The number of carbonyl (C=O) groups excluding carboxylic acids is 1. The summed E-state index contributed by atoms with van der Waals surface area (Å²) in [6.07, 6.45) is 0. The number of aryl methyl sites for hydroxylation is 1. The minimum Gasteiger partial charge on any atom is -0.497 e. The summed E-state index contributed by atoms with van der Waals surface area (Å²) >= 11 is 0. The molecule has 3 aromatic carbocycles. The molecule has 0 aromatic heterocycles. The molecule has 0 aliphatic carbocycles. The fourth-order valence-electron chi connectivity index (χ4n) is 3.39. The molecule has 3 aromatic rings. The SMILES string of the molecule is COc1ccc(NS(=O)(=O)c2cc(C(=O)NC(C)c3ccc(OC)c(OC)c3)ccc2C)cc1. The maximum atomic E-state index is 13.0. The number of nitrogens with one attached hydrogen (secondary N) is 2. The summed E-state index contributed by atoms with van der Waals surface area (Å²) in [7, 11) is 0.706. The number of anilines is 1.